The first-order valence-corrected chi connectivity index (χ1v) is 12.6. The van der Waals surface area contributed by atoms with E-state index in [0.29, 0.717) is 19.8 Å². The van der Waals surface area contributed by atoms with Crippen LogP contribution in [0.25, 0.3) is 0 Å². The molecule has 194 valence electrons. The van der Waals surface area contributed by atoms with Crippen LogP contribution in [0.3, 0.4) is 0 Å². The third-order valence-electron chi connectivity index (χ3n) is 7.02. The zero-order valence-electron chi connectivity index (χ0n) is 20.6. The molecule has 0 unspecified atom stereocenters. The standard InChI is InChI=1S/C28H37F4NO2/c1-2-3-4-16-33-17-12-27(13-18-33,14-19-34-22-23-8-10-25(29)11-9-23)15-20-35-26-7-5-6-24(21-26)28(30,31)32/h5-11,21H,2-4,12-20,22H2,1H3. The highest BCUT2D eigenvalue weighted by Gasteiger charge is 2.34. The molecule has 1 saturated heterocycles. The summed E-state index contributed by atoms with van der Waals surface area (Å²) >= 11 is 0. The highest BCUT2D eigenvalue weighted by molar-refractivity contribution is 5.30. The van der Waals surface area contributed by atoms with Crippen LogP contribution in [-0.2, 0) is 17.5 Å². The number of benzene rings is 2. The number of unbranched alkanes of at least 4 members (excludes halogenated alkanes) is 2. The lowest BCUT2D eigenvalue weighted by Crippen LogP contribution is -2.41. The van der Waals surface area contributed by atoms with Crippen molar-refractivity contribution in [3.63, 3.8) is 0 Å². The molecule has 7 heteroatoms. The van der Waals surface area contributed by atoms with Crippen molar-refractivity contribution in [1.29, 1.82) is 0 Å². The van der Waals surface area contributed by atoms with E-state index in [1.54, 1.807) is 18.2 Å². The van der Waals surface area contributed by atoms with Gasteiger partial charge in [0.1, 0.15) is 11.6 Å². The molecule has 1 aliphatic heterocycles. The number of likely N-dealkylation sites (tertiary alicyclic amines) is 1. The Kier molecular flexibility index (Phi) is 10.4. The molecule has 0 spiro atoms. The van der Waals surface area contributed by atoms with Gasteiger partial charge < -0.3 is 14.4 Å². The van der Waals surface area contributed by atoms with Gasteiger partial charge in [-0.25, -0.2) is 4.39 Å². The first-order valence-electron chi connectivity index (χ1n) is 12.6. The van der Waals surface area contributed by atoms with Gasteiger partial charge in [0, 0.05) is 6.61 Å². The van der Waals surface area contributed by atoms with Crippen molar-refractivity contribution in [2.24, 2.45) is 5.41 Å². The second-order valence-electron chi connectivity index (χ2n) is 9.60. The van der Waals surface area contributed by atoms with E-state index >= 15 is 0 Å². The Bertz CT molecular complexity index is 877. The van der Waals surface area contributed by atoms with Gasteiger partial charge in [-0.2, -0.15) is 13.2 Å². The molecule has 0 bridgehead atoms. The van der Waals surface area contributed by atoms with Crippen LogP contribution in [-0.4, -0.2) is 37.7 Å². The van der Waals surface area contributed by atoms with Crippen LogP contribution in [0.5, 0.6) is 5.75 Å². The van der Waals surface area contributed by atoms with Crippen molar-refractivity contribution < 1.29 is 27.0 Å². The normalized spacial score (nSPS) is 16.4. The smallest absolute Gasteiger partial charge is 0.416 e. The molecule has 1 fully saturated rings. The summed E-state index contributed by atoms with van der Waals surface area (Å²) in [7, 11) is 0. The van der Waals surface area contributed by atoms with Crippen LogP contribution in [0, 0.1) is 11.2 Å². The molecule has 0 N–H and O–H groups in total. The van der Waals surface area contributed by atoms with E-state index in [1.807, 2.05) is 0 Å². The van der Waals surface area contributed by atoms with Gasteiger partial charge >= 0.3 is 6.18 Å². The van der Waals surface area contributed by atoms with Crippen LogP contribution in [0.1, 0.15) is 63.0 Å². The predicted octanol–water partition coefficient (Wildman–Crippen LogP) is 7.49. The number of hydrogen-bond donors (Lipinski definition) is 0. The Morgan fingerprint density at radius 2 is 1.66 bits per heavy atom. The molecule has 0 amide bonds. The Morgan fingerprint density at radius 3 is 2.34 bits per heavy atom. The predicted molar refractivity (Wildman–Crippen MR) is 130 cm³/mol. The molecule has 3 nitrogen and oxygen atoms in total. The molecule has 0 aliphatic carbocycles. The fourth-order valence-corrected chi connectivity index (χ4v) is 4.67. The summed E-state index contributed by atoms with van der Waals surface area (Å²) in [6.45, 7) is 6.74. The van der Waals surface area contributed by atoms with Gasteiger partial charge in [-0.05, 0) is 93.0 Å². The van der Waals surface area contributed by atoms with Crippen LogP contribution in [0.2, 0.25) is 0 Å². The zero-order chi connectivity index (χ0) is 25.2. The fourth-order valence-electron chi connectivity index (χ4n) is 4.67. The molecule has 0 aromatic heterocycles. The Morgan fingerprint density at radius 1 is 0.943 bits per heavy atom. The molecule has 0 atom stereocenters. The van der Waals surface area contributed by atoms with Gasteiger partial charge in [0.25, 0.3) is 0 Å². The molecule has 0 saturated carbocycles. The minimum Gasteiger partial charge on any atom is -0.494 e. The third-order valence-corrected chi connectivity index (χ3v) is 7.02. The topological polar surface area (TPSA) is 21.7 Å². The van der Waals surface area contributed by atoms with Crippen LogP contribution in [0.4, 0.5) is 17.6 Å². The molecule has 2 aromatic rings. The molecule has 35 heavy (non-hydrogen) atoms. The lowest BCUT2D eigenvalue weighted by Gasteiger charge is -2.42. The van der Waals surface area contributed by atoms with Crippen LogP contribution < -0.4 is 4.74 Å². The number of hydrogen-bond acceptors (Lipinski definition) is 3. The molecule has 1 heterocycles. The summed E-state index contributed by atoms with van der Waals surface area (Å²) in [6, 6.07) is 11.4. The van der Waals surface area contributed by atoms with E-state index in [-0.39, 0.29) is 17.0 Å². The molecule has 0 radical (unpaired) electrons. The third kappa shape index (κ3) is 9.12. The van der Waals surface area contributed by atoms with E-state index in [2.05, 4.69) is 11.8 Å². The quantitative estimate of drug-likeness (QED) is 0.212. The highest BCUT2D eigenvalue weighted by Crippen LogP contribution is 2.39. The highest BCUT2D eigenvalue weighted by atomic mass is 19.4. The number of rotatable bonds is 13. The summed E-state index contributed by atoms with van der Waals surface area (Å²) < 4.78 is 63.8. The van der Waals surface area contributed by atoms with E-state index < -0.39 is 11.7 Å². The maximum absolute atomic E-state index is 13.1. The second kappa shape index (κ2) is 13.3. The molecule has 1 aliphatic rings. The van der Waals surface area contributed by atoms with Crippen molar-refractivity contribution in [3.05, 3.63) is 65.5 Å². The molecule has 3 rings (SSSR count). The Hall–Kier alpha value is -2.12. The van der Waals surface area contributed by atoms with E-state index in [9.17, 15) is 17.6 Å². The SMILES string of the molecule is CCCCCN1CCC(CCOCc2ccc(F)cc2)(CCOc2cccc(C(F)(F)F)c2)CC1. The summed E-state index contributed by atoms with van der Waals surface area (Å²) in [5.74, 6) is -0.0151. The van der Waals surface area contributed by atoms with Crippen molar-refractivity contribution in [3.8, 4) is 5.75 Å². The zero-order valence-corrected chi connectivity index (χ0v) is 20.6. The van der Waals surface area contributed by atoms with Gasteiger partial charge in [0.15, 0.2) is 0 Å². The average molecular weight is 496 g/mol. The van der Waals surface area contributed by atoms with Crippen molar-refractivity contribution in [2.75, 3.05) is 32.8 Å². The maximum atomic E-state index is 13.1. The lowest BCUT2D eigenvalue weighted by molar-refractivity contribution is -0.137. The number of nitrogens with zero attached hydrogens (tertiary/aromatic N) is 1. The largest absolute Gasteiger partial charge is 0.494 e. The van der Waals surface area contributed by atoms with Crippen LogP contribution in [0.15, 0.2) is 48.5 Å². The van der Waals surface area contributed by atoms with Gasteiger partial charge in [0.2, 0.25) is 0 Å². The number of halogens is 4. The minimum atomic E-state index is -4.38. The molecular weight excluding hydrogens is 458 g/mol. The lowest BCUT2D eigenvalue weighted by atomic mass is 9.73. The van der Waals surface area contributed by atoms with Crippen molar-refractivity contribution in [2.45, 2.75) is 64.7 Å². The van der Waals surface area contributed by atoms with Crippen LogP contribution >= 0.6 is 0 Å². The maximum Gasteiger partial charge on any atom is 0.416 e. The summed E-state index contributed by atoms with van der Waals surface area (Å²) in [5, 5.41) is 0. The molecular formula is C28H37F4NO2. The first-order chi connectivity index (χ1) is 16.8. The first kappa shape index (κ1) is 27.5. The Labute approximate surface area is 206 Å². The number of ether oxygens (including phenoxy) is 2. The van der Waals surface area contributed by atoms with Crippen molar-refractivity contribution in [1.82, 2.24) is 4.90 Å². The van der Waals surface area contributed by atoms with Crippen molar-refractivity contribution >= 4 is 0 Å². The van der Waals surface area contributed by atoms with Gasteiger partial charge in [-0.3, -0.25) is 0 Å². The molecule has 2 aromatic carbocycles. The van der Waals surface area contributed by atoms with E-state index in [4.69, 9.17) is 9.47 Å². The minimum absolute atomic E-state index is 0.0334. The monoisotopic (exact) mass is 495 g/mol. The van der Waals surface area contributed by atoms with Gasteiger partial charge in [0.05, 0.1) is 18.8 Å². The average Bonchev–Trinajstić information content (AvgIpc) is 2.84. The number of piperidine rings is 1. The summed E-state index contributed by atoms with van der Waals surface area (Å²) in [6.07, 6.45) is 2.95. The second-order valence-corrected chi connectivity index (χ2v) is 9.60. The van der Waals surface area contributed by atoms with E-state index in [1.165, 1.54) is 37.5 Å². The fraction of sp³-hybridized carbons (Fsp3) is 0.571. The van der Waals surface area contributed by atoms with Gasteiger partial charge in [-0.1, -0.05) is 38.0 Å². The number of alkyl halides is 3. The summed E-state index contributed by atoms with van der Waals surface area (Å²) in [4.78, 5) is 2.51. The van der Waals surface area contributed by atoms with Gasteiger partial charge in [-0.15, -0.1) is 0 Å². The Balaban J connectivity index is 1.53. The van der Waals surface area contributed by atoms with E-state index in [0.717, 1.165) is 63.0 Å². The summed E-state index contributed by atoms with van der Waals surface area (Å²) in [5.41, 5.74) is 0.268.